The van der Waals surface area contributed by atoms with Crippen LogP contribution in [0.15, 0.2) is 24.3 Å². The smallest absolute Gasteiger partial charge is 0.339 e. The van der Waals surface area contributed by atoms with Crippen LogP contribution in [0.4, 0.5) is 0 Å². The zero-order valence-electron chi connectivity index (χ0n) is 17.9. The second-order valence-electron chi connectivity index (χ2n) is 9.02. The topological polar surface area (TPSA) is 104 Å². The van der Waals surface area contributed by atoms with Crippen molar-refractivity contribution in [2.45, 2.75) is 47.0 Å². The molecule has 30 heavy (non-hydrogen) atoms. The van der Waals surface area contributed by atoms with Crippen molar-refractivity contribution in [1.29, 1.82) is 10.7 Å². The number of fused-ring (bicyclic) bond motifs is 2. The number of ketones is 1. The Morgan fingerprint density at radius 2 is 2.03 bits per heavy atom. The molecule has 0 saturated carbocycles. The normalized spacial score (nSPS) is 17.0. The van der Waals surface area contributed by atoms with E-state index in [-0.39, 0.29) is 11.1 Å². The zero-order chi connectivity index (χ0) is 22.1. The number of carbonyl (C=O) groups is 2. The van der Waals surface area contributed by atoms with Gasteiger partial charge in [0.15, 0.2) is 12.4 Å². The third kappa shape index (κ3) is 4.25. The summed E-state index contributed by atoms with van der Waals surface area (Å²) in [5, 5.41) is 17.4. The molecule has 3 rings (SSSR count). The largest absolute Gasteiger partial charge is 0.454 e. The van der Waals surface area contributed by atoms with Crippen LogP contribution in [-0.2, 0) is 22.4 Å². The molecule has 0 saturated heterocycles. The Hall–Kier alpha value is -3.07. The predicted molar refractivity (Wildman–Crippen MR) is 115 cm³/mol. The number of nitrogens with zero attached hydrogens (tertiary/aromatic N) is 2. The molecule has 6 heteroatoms. The molecule has 0 amide bonds. The monoisotopic (exact) mass is 405 g/mol. The van der Waals surface area contributed by atoms with Crippen LogP contribution in [0, 0.1) is 34.0 Å². The Morgan fingerprint density at radius 3 is 2.67 bits per heavy atom. The molecular weight excluding hydrogens is 378 g/mol. The van der Waals surface area contributed by atoms with Gasteiger partial charge in [-0.05, 0) is 49.1 Å². The molecule has 1 aliphatic carbocycles. The molecule has 1 unspecified atom stereocenters. The minimum absolute atomic E-state index is 0.0571. The number of esters is 1. The van der Waals surface area contributed by atoms with E-state index in [9.17, 15) is 9.59 Å². The van der Waals surface area contributed by atoms with E-state index in [0.717, 1.165) is 36.0 Å². The van der Waals surface area contributed by atoms with Gasteiger partial charge >= 0.3 is 5.97 Å². The van der Waals surface area contributed by atoms with Crippen molar-refractivity contribution < 1.29 is 14.3 Å². The third-order valence-corrected chi connectivity index (χ3v) is 5.92. The molecule has 0 aliphatic heterocycles. The highest BCUT2D eigenvalue weighted by atomic mass is 16.5. The maximum absolute atomic E-state index is 13.1. The average Bonchev–Trinajstić information content (AvgIpc) is 2.69. The number of Topliss-reactive ketones (excluding diaryl/α,β-unsaturated/α-hetero) is 1. The first-order chi connectivity index (χ1) is 14.1. The molecule has 2 atom stereocenters. The number of hydrogen-bond donors (Lipinski definition) is 1. The summed E-state index contributed by atoms with van der Waals surface area (Å²) < 4.78 is 5.35. The summed E-state index contributed by atoms with van der Waals surface area (Å²) in [6, 6.07) is 9.25. The highest BCUT2D eigenvalue weighted by Gasteiger charge is 2.33. The molecule has 0 spiro atoms. The summed E-state index contributed by atoms with van der Waals surface area (Å²) in [5.41, 5.74) is 3.06. The second kappa shape index (κ2) is 8.35. The summed E-state index contributed by atoms with van der Waals surface area (Å²) >= 11 is 0. The van der Waals surface area contributed by atoms with Crippen LogP contribution in [-0.4, -0.2) is 29.1 Å². The van der Waals surface area contributed by atoms with Crippen LogP contribution in [0.1, 0.15) is 55.7 Å². The number of para-hydroxylation sites is 1. The highest BCUT2D eigenvalue weighted by Crippen LogP contribution is 2.39. The number of pyridine rings is 1. The molecule has 6 nitrogen and oxygen atoms in total. The first-order valence-corrected chi connectivity index (χ1v) is 10.2. The lowest BCUT2D eigenvalue weighted by atomic mass is 9.70. The van der Waals surface area contributed by atoms with Crippen LogP contribution < -0.4 is 0 Å². The van der Waals surface area contributed by atoms with Crippen LogP contribution in [0.5, 0.6) is 0 Å². The number of carbonyl (C=O) groups excluding carboxylic acids is 2. The Kier molecular flexibility index (Phi) is 6.02. The quantitative estimate of drug-likeness (QED) is 0.590. The lowest BCUT2D eigenvalue weighted by molar-refractivity contribution is -0.122. The highest BCUT2D eigenvalue weighted by molar-refractivity contribution is 6.08. The molecule has 0 bridgehead atoms. The number of aryl methyl sites for hydroxylation is 1. The lowest BCUT2D eigenvalue weighted by Gasteiger charge is -2.35. The number of hydrogen-bond acceptors (Lipinski definition) is 6. The summed E-state index contributed by atoms with van der Waals surface area (Å²) in [7, 11) is 0. The lowest BCUT2D eigenvalue weighted by Crippen LogP contribution is -2.30. The molecule has 1 heterocycles. The van der Waals surface area contributed by atoms with E-state index >= 15 is 0 Å². The van der Waals surface area contributed by atoms with Crippen molar-refractivity contribution in [3.8, 4) is 6.07 Å². The zero-order valence-corrected chi connectivity index (χ0v) is 17.9. The molecular formula is C24H27N3O3. The molecule has 2 aromatic rings. The Morgan fingerprint density at radius 1 is 1.33 bits per heavy atom. The molecule has 1 N–H and O–H groups in total. The summed E-state index contributed by atoms with van der Waals surface area (Å²) in [6.45, 7) is 7.48. The number of benzene rings is 1. The molecule has 1 aromatic carbocycles. The Balaban J connectivity index is 1.98. The van der Waals surface area contributed by atoms with Crippen LogP contribution >= 0.6 is 0 Å². The second-order valence-corrected chi connectivity index (χ2v) is 9.02. The summed E-state index contributed by atoms with van der Waals surface area (Å²) in [6.07, 6.45) is 2.54. The number of nitrogens with one attached hydrogen (secondary N) is 1. The van der Waals surface area contributed by atoms with E-state index in [2.05, 4.69) is 20.8 Å². The first-order valence-electron chi connectivity index (χ1n) is 10.2. The van der Waals surface area contributed by atoms with Gasteiger partial charge in [-0.2, -0.15) is 5.26 Å². The van der Waals surface area contributed by atoms with Crippen LogP contribution in [0.2, 0.25) is 0 Å². The van der Waals surface area contributed by atoms with Gasteiger partial charge < -0.3 is 10.1 Å². The van der Waals surface area contributed by atoms with Crippen molar-refractivity contribution in [2.75, 3.05) is 6.61 Å². The Labute approximate surface area is 176 Å². The van der Waals surface area contributed by atoms with Crippen molar-refractivity contribution in [2.24, 2.45) is 17.3 Å². The minimum Gasteiger partial charge on any atom is -0.454 e. The van der Waals surface area contributed by atoms with Gasteiger partial charge in [0.1, 0.15) is 5.92 Å². The van der Waals surface area contributed by atoms with Crippen LogP contribution in [0.3, 0.4) is 0 Å². The van der Waals surface area contributed by atoms with Gasteiger partial charge in [-0.15, -0.1) is 0 Å². The van der Waals surface area contributed by atoms with Crippen LogP contribution in [0.25, 0.3) is 10.9 Å². The van der Waals surface area contributed by atoms with Gasteiger partial charge in [0.25, 0.3) is 0 Å². The average molecular weight is 405 g/mol. The van der Waals surface area contributed by atoms with E-state index < -0.39 is 24.3 Å². The maximum Gasteiger partial charge on any atom is 0.339 e. The Bertz CT molecular complexity index is 1060. The van der Waals surface area contributed by atoms with Crippen molar-refractivity contribution >= 4 is 28.4 Å². The minimum atomic E-state index is -1.19. The molecule has 0 radical (unpaired) electrons. The molecule has 0 fully saturated rings. The van der Waals surface area contributed by atoms with Crippen molar-refractivity contribution in [3.63, 3.8) is 0 Å². The van der Waals surface area contributed by atoms with Crippen molar-refractivity contribution in [1.82, 2.24) is 4.98 Å². The van der Waals surface area contributed by atoms with Gasteiger partial charge in [0.05, 0.1) is 17.1 Å². The third-order valence-electron chi connectivity index (χ3n) is 5.92. The summed E-state index contributed by atoms with van der Waals surface area (Å²) in [4.78, 5) is 30.2. The van der Waals surface area contributed by atoms with Crippen molar-refractivity contribution in [3.05, 3.63) is 41.1 Å². The SMILES string of the molecule is CC(=N)C(C#N)C(=O)COC(=O)c1c2c(nc3ccccc13)CC[C@H](C(C)(C)C)C2. The summed E-state index contributed by atoms with van der Waals surface area (Å²) in [5.74, 6) is -1.94. The number of rotatable bonds is 5. The van der Waals surface area contributed by atoms with E-state index in [4.69, 9.17) is 20.4 Å². The molecule has 1 aliphatic rings. The molecule has 156 valence electrons. The number of ether oxygens (including phenoxy) is 1. The van der Waals surface area contributed by atoms with Gasteiger partial charge in [-0.3, -0.25) is 9.78 Å². The standard InChI is InChI=1S/C24H27N3O3/c1-14(26)18(12-25)21(28)13-30-23(29)22-16-7-5-6-8-19(16)27-20-10-9-15(11-17(20)22)24(2,3)4/h5-8,15,18,26H,9-11,13H2,1-4H3/t15-,18?/m0/s1. The van der Waals surface area contributed by atoms with E-state index in [1.165, 1.54) is 6.92 Å². The van der Waals surface area contributed by atoms with Gasteiger partial charge in [0.2, 0.25) is 0 Å². The fraction of sp³-hybridized carbons (Fsp3) is 0.458. The van der Waals surface area contributed by atoms with Gasteiger partial charge in [-0.1, -0.05) is 39.0 Å². The van der Waals surface area contributed by atoms with E-state index in [1.807, 2.05) is 24.3 Å². The first kappa shape index (κ1) is 21.6. The molecule has 1 aromatic heterocycles. The predicted octanol–water partition coefficient (Wildman–Crippen LogP) is 4.29. The van der Waals surface area contributed by atoms with E-state index in [0.29, 0.717) is 16.9 Å². The maximum atomic E-state index is 13.1. The fourth-order valence-corrected chi connectivity index (χ4v) is 4.06. The van der Waals surface area contributed by atoms with Gasteiger partial charge in [-0.25, -0.2) is 4.79 Å². The number of nitriles is 1. The fourth-order valence-electron chi connectivity index (χ4n) is 4.06. The van der Waals surface area contributed by atoms with E-state index in [1.54, 1.807) is 6.07 Å². The number of aromatic nitrogens is 1. The van der Waals surface area contributed by atoms with Gasteiger partial charge in [0, 0.05) is 16.8 Å².